The Morgan fingerprint density at radius 1 is 1.19 bits per heavy atom. The van der Waals surface area contributed by atoms with Crippen LogP contribution in [0, 0.1) is 11.3 Å². The summed E-state index contributed by atoms with van der Waals surface area (Å²) in [7, 11) is -3.21. The minimum absolute atomic E-state index is 0.00857. The Morgan fingerprint density at radius 2 is 1.77 bits per heavy atom. The van der Waals surface area contributed by atoms with Crippen LogP contribution in [0.4, 0.5) is 5.69 Å². The summed E-state index contributed by atoms with van der Waals surface area (Å²) in [6.07, 6.45) is 2.68. The van der Waals surface area contributed by atoms with E-state index in [2.05, 4.69) is 19.2 Å². The van der Waals surface area contributed by atoms with Gasteiger partial charge in [0.05, 0.1) is 6.26 Å². The topological polar surface area (TPSA) is 93.5 Å². The van der Waals surface area contributed by atoms with Gasteiger partial charge >= 0.3 is 0 Å². The third-order valence-corrected chi connectivity index (χ3v) is 5.56. The predicted octanol–water partition coefficient (Wildman–Crippen LogP) is 1.73. The largest absolute Gasteiger partial charge is 0.373 e. The third-order valence-electron chi connectivity index (χ3n) is 4.25. The molecule has 0 aromatic heterocycles. The van der Waals surface area contributed by atoms with Gasteiger partial charge in [0.15, 0.2) is 0 Å². The van der Waals surface area contributed by atoms with Crippen molar-refractivity contribution in [1.29, 1.82) is 5.26 Å². The molecule has 2 rings (SSSR count). The van der Waals surface area contributed by atoms with E-state index in [0.29, 0.717) is 37.8 Å². The van der Waals surface area contributed by atoms with Gasteiger partial charge in [-0.1, -0.05) is 26.0 Å². The first-order valence-electron chi connectivity index (χ1n) is 8.43. The molecule has 1 aromatic rings. The Kier molecular flexibility index (Phi) is 6.40. The molecule has 1 saturated heterocycles. The lowest BCUT2D eigenvalue weighted by Gasteiger charge is -2.32. The van der Waals surface area contributed by atoms with E-state index in [9.17, 15) is 18.5 Å². The van der Waals surface area contributed by atoms with Crippen molar-refractivity contribution in [2.45, 2.75) is 19.8 Å². The smallest absolute Gasteiger partial charge is 0.267 e. The normalized spacial score (nSPS) is 16.4. The molecule has 0 unspecified atom stereocenters. The minimum Gasteiger partial charge on any atom is -0.373 e. The van der Waals surface area contributed by atoms with Crippen LogP contribution < -0.4 is 5.32 Å². The zero-order valence-corrected chi connectivity index (χ0v) is 16.1. The fourth-order valence-electron chi connectivity index (χ4n) is 2.63. The number of hydrogen-bond donors (Lipinski definition) is 1. The number of amides is 1. The molecule has 0 aliphatic carbocycles. The molecule has 1 fully saturated rings. The maximum atomic E-state index is 12.3. The molecular formula is C18H24N4O3S. The molecule has 0 radical (unpaired) electrons. The van der Waals surface area contributed by atoms with Crippen LogP contribution >= 0.6 is 0 Å². The van der Waals surface area contributed by atoms with Crippen molar-refractivity contribution in [3.05, 3.63) is 41.6 Å². The maximum absolute atomic E-state index is 12.3. The number of carbonyl (C=O) groups is 1. The number of piperazine rings is 1. The Hall–Kier alpha value is -2.37. The molecule has 1 aliphatic heterocycles. The van der Waals surface area contributed by atoms with E-state index in [1.807, 2.05) is 30.3 Å². The molecule has 1 aromatic carbocycles. The molecule has 1 amide bonds. The van der Waals surface area contributed by atoms with Crippen LogP contribution in [0.15, 0.2) is 36.0 Å². The second-order valence-corrected chi connectivity index (χ2v) is 8.57. The van der Waals surface area contributed by atoms with Crippen molar-refractivity contribution in [1.82, 2.24) is 9.21 Å². The van der Waals surface area contributed by atoms with Gasteiger partial charge in [-0.2, -0.15) is 9.57 Å². The number of rotatable bonds is 5. The maximum Gasteiger partial charge on any atom is 0.267 e. The number of hydrogen-bond acceptors (Lipinski definition) is 5. The number of nitriles is 1. The van der Waals surface area contributed by atoms with Crippen molar-refractivity contribution >= 4 is 21.6 Å². The number of nitrogens with zero attached hydrogens (tertiary/aromatic N) is 3. The zero-order chi connectivity index (χ0) is 19.3. The quantitative estimate of drug-likeness (QED) is 0.624. The van der Waals surface area contributed by atoms with Crippen LogP contribution in [0.2, 0.25) is 0 Å². The van der Waals surface area contributed by atoms with E-state index in [4.69, 9.17) is 0 Å². The lowest BCUT2D eigenvalue weighted by molar-refractivity contribution is -0.112. The average Bonchev–Trinajstić information content (AvgIpc) is 2.59. The van der Waals surface area contributed by atoms with Crippen LogP contribution in [0.3, 0.4) is 0 Å². The zero-order valence-electron chi connectivity index (χ0n) is 15.3. The lowest BCUT2D eigenvalue weighted by Crippen LogP contribution is -2.46. The molecule has 7 nitrogen and oxygen atoms in total. The third kappa shape index (κ3) is 5.31. The van der Waals surface area contributed by atoms with Gasteiger partial charge in [0.1, 0.15) is 11.6 Å². The van der Waals surface area contributed by atoms with E-state index in [0.717, 1.165) is 0 Å². The van der Waals surface area contributed by atoms with Crippen LogP contribution in [-0.2, 0) is 14.8 Å². The Morgan fingerprint density at radius 3 is 2.23 bits per heavy atom. The molecule has 8 heteroatoms. The monoisotopic (exact) mass is 376 g/mol. The summed E-state index contributed by atoms with van der Waals surface area (Å²) in [5.74, 6) is -0.0738. The van der Waals surface area contributed by atoms with E-state index >= 15 is 0 Å². The molecule has 0 atom stereocenters. The van der Waals surface area contributed by atoms with Gasteiger partial charge in [-0.05, 0) is 23.6 Å². The van der Waals surface area contributed by atoms with Gasteiger partial charge in [-0.3, -0.25) is 4.79 Å². The highest BCUT2D eigenvalue weighted by Gasteiger charge is 2.23. The number of anilines is 1. The van der Waals surface area contributed by atoms with Crippen molar-refractivity contribution in [3.63, 3.8) is 0 Å². The van der Waals surface area contributed by atoms with Crippen molar-refractivity contribution < 1.29 is 13.2 Å². The Labute approximate surface area is 154 Å². The van der Waals surface area contributed by atoms with Gasteiger partial charge in [0.2, 0.25) is 10.0 Å². The Bertz CT molecular complexity index is 815. The molecular weight excluding hydrogens is 352 g/mol. The SMILES string of the molecule is CC(C)c1ccc(NC(=O)/C(C#N)=C\N2CCN(S(C)(=O)=O)CC2)cc1. The first-order valence-corrected chi connectivity index (χ1v) is 10.3. The van der Waals surface area contributed by atoms with E-state index in [-0.39, 0.29) is 5.57 Å². The Balaban J connectivity index is 2.00. The fraction of sp³-hybridized carbons (Fsp3) is 0.444. The summed E-state index contributed by atoms with van der Waals surface area (Å²) in [5.41, 5.74) is 1.79. The van der Waals surface area contributed by atoms with Crippen LogP contribution in [0.25, 0.3) is 0 Å². The van der Waals surface area contributed by atoms with Crippen molar-refractivity contribution in [2.75, 3.05) is 37.8 Å². The fourth-order valence-corrected chi connectivity index (χ4v) is 3.46. The van der Waals surface area contributed by atoms with Gasteiger partial charge in [0, 0.05) is 38.1 Å². The minimum atomic E-state index is -3.21. The molecule has 0 spiro atoms. The lowest BCUT2D eigenvalue weighted by atomic mass is 10.0. The summed E-state index contributed by atoms with van der Waals surface area (Å²) < 4.78 is 24.4. The number of carbonyl (C=O) groups excluding carboxylic acids is 1. The van der Waals surface area contributed by atoms with Crippen molar-refractivity contribution in [2.24, 2.45) is 0 Å². The predicted molar refractivity (Wildman–Crippen MR) is 101 cm³/mol. The van der Waals surface area contributed by atoms with Crippen LogP contribution in [0.1, 0.15) is 25.3 Å². The second-order valence-electron chi connectivity index (χ2n) is 6.58. The van der Waals surface area contributed by atoms with Gasteiger partial charge in [-0.25, -0.2) is 8.42 Å². The van der Waals surface area contributed by atoms with Crippen molar-refractivity contribution in [3.8, 4) is 6.07 Å². The van der Waals surface area contributed by atoms with Crippen LogP contribution in [0.5, 0.6) is 0 Å². The standard InChI is InChI=1S/C18H24N4O3S/c1-14(2)15-4-6-17(7-5-15)20-18(23)16(12-19)13-21-8-10-22(11-9-21)26(3,24)25/h4-7,13-14H,8-11H2,1-3H3,(H,20,23)/b16-13-. The average molecular weight is 376 g/mol. The molecule has 1 N–H and O–H groups in total. The van der Waals surface area contributed by atoms with Crippen LogP contribution in [-0.4, -0.2) is 56.0 Å². The van der Waals surface area contributed by atoms with Gasteiger partial charge in [-0.15, -0.1) is 0 Å². The highest BCUT2D eigenvalue weighted by molar-refractivity contribution is 7.88. The summed E-state index contributed by atoms with van der Waals surface area (Å²) in [4.78, 5) is 14.1. The first-order chi connectivity index (χ1) is 12.2. The molecule has 0 bridgehead atoms. The van der Waals surface area contributed by atoms with Gasteiger partial charge < -0.3 is 10.2 Å². The number of benzene rings is 1. The summed E-state index contributed by atoms with van der Waals surface area (Å²) in [6.45, 7) is 5.74. The summed E-state index contributed by atoms with van der Waals surface area (Å²) in [5, 5.41) is 12.0. The highest BCUT2D eigenvalue weighted by atomic mass is 32.2. The first kappa shape index (κ1) is 19.9. The summed E-state index contributed by atoms with van der Waals surface area (Å²) >= 11 is 0. The highest BCUT2D eigenvalue weighted by Crippen LogP contribution is 2.17. The molecule has 1 heterocycles. The summed E-state index contributed by atoms with van der Waals surface area (Å²) in [6, 6.07) is 9.43. The molecule has 0 saturated carbocycles. The second kappa shape index (κ2) is 8.34. The van der Waals surface area contributed by atoms with E-state index in [1.165, 1.54) is 22.3 Å². The molecule has 26 heavy (non-hydrogen) atoms. The number of sulfonamides is 1. The van der Waals surface area contributed by atoms with E-state index in [1.54, 1.807) is 4.90 Å². The molecule has 140 valence electrons. The number of nitrogens with one attached hydrogen (secondary N) is 1. The molecule has 1 aliphatic rings. The van der Waals surface area contributed by atoms with E-state index < -0.39 is 15.9 Å². The van der Waals surface area contributed by atoms with Gasteiger partial charge in [0.25, 0.3) is 5.91 Å².